The Bertz CT molecular complexity index is 201. The molecule has 0 bridgehead atoms. The molecule has 2 rings (SSSR count). The lowest BCUT2D eigenvalue weighted by Gasteiger charge is -2.25. The molecule has 4 nitrogen and oxygen atoms in total. The second-order valence-electron chi connectivity index (χ2n) is 4.20. The topological polar surface area (TPSA) is 53.2 Å². The molecule has 2 atom stereocenters. The number of hydrogen-bond acceptors (Lipinski definition) is 3. The summed E-state index contributed by atoms with van der Waals surface area (Å²) in [4.78, 5) is 11.7. The van der Waals surface area contributed by atoms with E-state index in [9.17, 15) is 4.79 Å². The van der Waals surface area contributed by atoms with Crippen molar-refractivity contribution in [3.63, 3.8) is 0 Å². The van der Waals surface area contributed by atoms with Crippen molar-refractivity contribution in [2.24, 2.45) is 0 Å². The number of hydrogen-bond donors (Lipinski definition) is 3. The van der Waals surface area contributed by atoms with Gasteiger partial charge in [0.15, 0.2) is 0 Å². The summed E-state index contributed by atoms with van der Waals surface area (Å²) in [6.07, 6.45) is 4.40. The van der Waals surface area contributed by atoms with E-state index in [2.05, 4.69) is 16.0 Å². The smallest absolute Gasteiger partial charge is 0.237 e. The molecule has 2 aliphatic rings. The third-order valence-electron chi connectivity index (χ3n) is 3.02. The Kier molecular flexibility index (Phi) is 5.36. The summed E-state index contributed by atoms with van der Waals surface area (Å²) in [7, 11) is 0. The molecule has 0 saturated carbocycles. The van der Waals surface area contributed by atoms with Crippen molar-refractivity contribution in [1.29, 1.82) is 0 Å². The Labute approximate surface area is 97.0 Å². The van der Waals surface area contributed by atoms with Crippen LogP contribution in [0.5, 0.6) is 0 Å². The van der Waals surface area contributed by atoms with Gasteiger partial charge in [-0.25, -0.2) is 0 Å². The highest BCUT2D eigenvalue weighted by molar-refractivity contribution is 5.85. The molecule has 2 saturated heterocycles. The molecule has 1 unspecified atom stereocenters. The molecule has 0 aromatic heterocycles. The van der Waals surface area contributed by atoms with E-state index in [1.54, 1.807) is 0 Å². The number of carbonyl (C=O) groups is 1. The van der Waals surface area contributed by atoms with Crippen molar-refractivity contribution >= 4 is 18.3 Å². The maximum Gasteiger partial charge on any atom is 0.237 e. The van der Waals surface area contributed by atoms with Gasteiger partial charge in [0.25, 0.3) is 0 Å². The van der Waals surface area contributed by atoms with Crippen LogP contribution in [0.4, 0.5) is 0 Å². The first kappa shape index (κ1) is 12.7. The molecular formula is C10H20ClN3O. The first-order valence-corrected chi connectivity index (χ1v) is 5.61. The van der Waals surface area contributed by atoms with E-state index in [1.807, 2.05) is 0 Å². The van der Waals surface area contributed by atoms with E-state index >= 15 is 0 Å². The van der Waals surface area contributed by atoms with E-state index in [4.69, 9.17) is 0 Å². The highest BCUT2D eigenvalue weighted by atomic mass is 35.5. The molecule has 0 aromatic carbocycles. The lowest BCUT2D eigenvalue weighted by molar-refractivity contribution is -0.123. The van der Waals surface area contributed by atoms with E-state index in [-0.39, 0.29) is 24.4 Å². The SMILES string of the molecule is Cl.O=C(N[C@H]1CCCNC1)C1CCCN1. The fraction of sp³-hybridized carbons (Fsp3) is 0.900. The molecule has 88 valence electrons. The van der Waals surface area contributed by atoms with E-state index in [0.717, 1.165) is 38.9 Å². The van der Waals surface area contributed by atoms with Crippen LogP contribution < -0.4 is 16.0 Å². The van der Waals surface area contributed by atoms with Gasteiger partial charge >= 0.3 is 0 Å². The minimum Gasteiger partial charge on any atom is -0.351 e. The van der Waals surface area contributed by atoms with Gasteiger partial charge in [0, 0.05) is 12.6 Å². The standard InChI is InChI=1S/C10H19N3O.ClH/c14-10(9-4-2-6-12-9)13-8-3-1-5-11-7-8;/h8-9,11-12H,1-7H2,(H,13,14);1H/t8-,9?;/m0./s1. The van der Waals surface area contributed by atoms with E-state index in [1.165, 1.54) is 6.42 Å². The second-order valence-corrected chi connectivity index (χ2v) is 4.20. The zero-order valence-corrected chi connectivity index (χ0v) is 9.74. The second kappa shape index (κ2) is 6.30. The molecule has 0 aliphatic carbocycles. The molecule has 0 aromatic rings. The van der Waals surface area contributed by atoms with Gasteiger partial charge in [-0.1, -0.05) is 0 Å². The maximum absolute atomic E-state index is 11.7. The van der Waals surface area contributed by atoms with Gasteiger partial charge < -0.3 is 16.0 Å². The van der Waals surface area contributed by atoms with Crippen LogP contribution >= 0.6 is 12.4 Å². The summed E-state index contributed by atoms with van der Waals surface area (Å²) < 4.78 is 0. The highest BCUT2D eigenvalue weighted by Crippen LogP contribution is 2.07. The third kappa shape index (κ3) is 3.63. The molecule has 2 heterocycles. The van der Waals surface area contributed by atoms with Crippen molar-refractivity contribution in [3.05, 3.63) is 0 Å². The zero-order valence-electron chi connectivity index (χ0n) is 8.92. The number of amides is 1. The Morgan fingerprint density at radius 3 is 2.60 bits per heavy atom. The van der Waals surface area contributed by atoms with Gasteiger partial charge in [-0.3, -0.25) is 4.79 Å². The molecule has 5 heteroatoms. The van der Waals surface area contributed by atoms with Crippen LogP contribution in [0.2, 0.25) is 0 Å². The highest BCUT2D eigenvalue weighted by Gasteiger charge is 2.24. The van der Waals surface area contributed by atoms with E-state index in [0.29, 0.717) is 6.04 Å². The van der Waals surface area contributed by atoms with Crippen molar-refractivity contribution in [2.45, 2.75) is 37.8 Å². The number of rotatable bonds is 2. The predicted molar refractivity (Wildman–Crippen MR) is 62.3 cm³/mol. The fourth-order valence-corrected chi connectivity index (χ4v) is 2.19. The largest absolute Gasteiger partial charge is 0.351 e. The lowest BCUT2D eigenvalue weighted by atomic mass is 10.1. The molecule has 15 heavy (non-hydrogen) atoms. The Balaban J connectivity index is 0.00000112. The predicted octanol–water partition coefficient (Wildman–Crippen LogP) is 0.0284. The first-order chi connectivity index (χ1) is 6.86. The minimum atomic E-state index is 0. The van der Waals surface area contributed by atoms with Gasteiger partial charge in [-0.05, 0) is 38.8 Å². The Hall–Kier alpha value is -0.320. The van der Waals surface area contributed by atoms with E-state index < -0.39 is 0 Å². The number of nitrogens with one attached hydrogen (secondary N) is 3. The van der Waals surface area contributed by atoms with Crippen LogP contribution in [0.3, 0.4) is 0 Å². The molecule has 3 N–H and O–H groups in total. The Morgan fingerprint density at radius 2 is 2.00 bits per heavy atom. The van der Waals surface area contributed by atoms with Crippen molar-refractivity contribution in [1.82, 2.24) is 16.0 Å². The maximum atomic E-state index is 11.7. The number of halogens is 1. The molecule has 2 aliphatic heterocycles. The normalized spacial score (nSPS) is 30.7. The van der Waals surface area contributed by atoms with Crippen molar-refractivity contribution in [2.75, 3.05) is 19.6 Å². The summed E-state index contributed by atoms with van der Waals surface area (Å²) in [6.45, 7) is 3.01. The van der Waals surface area contributed by atoms with Crippen molar-refractivity contribution in [3.8, 4) is 0 Å². The van der Waals surface area contributed by atoms with Crippen LogP contribution in [-0.4, -0.2) is 37.6 Å². The van der Waals surface area contributed by atoms with Crippen LogP contribution in [0, 0.1) is 0 Å². The monoisotopic (exact) mass is 233 g/mol. The quantitative estimate of drug-likeness (QED) is 0.631. The minimum absolute atomic E-state index is 0. The average Bonchev–Trinajstić information content (AvgIpc) is 2.72. The summed E-state index contributed by atoms with van der Waals surface area (Å²) in [5.41, 5.74) is 0. The van der Waals surface area contributed by atoms with Crippen LogP contribution in [0.15, 0.2) is 0 Å². The summed E-state index contributed by atoms with van der Waals surface area (Å²) in [5.74, 6) is 0.191. The zero-order chi connectivity index (χ0) is 9.80. The summed E-state index contributed by atoms with van der Waals surface area (Å²) >= 11 is 0. The summed E-state index contributed by atoms with van der Waals surface area (Å²) in [6, 6.07) is 0.413. The number of carbonyl (C=O) groups excluding carboxylic acids is 1. The lowest BCUT2D eigenvalue weighted by Crippen LogP contribution is -2.50. The van der Waals surface area contributed by atoms with Gasteiger partial charge in [-0.2, -0.15) is 0 Å². The van der Waals surface area contributed by atoms with Gasteiger partial charge in [0.2, 0.25) is 5.91 Å². The van der Waals surface area contributed by atoms with Gasteiger partial charge in [0.1, 0.15) is 0 Å². The molecule has 1 amide bonds. The summed E-state index contributed by atoms with van der Waals surface area (Å²) in [5, 5.41) is 9.61. The van der Waals surface area contributed by atoms with Crippen molar-refractivity contribution < 1.29 is 4.79 Å². The molecule has 0 spiro atoms. The molecule has 0 radical (unpaired) electrons. The Morgan fingerprint density at radius 1 is 1.20 bits per heavy atom. The number of piperidine rings is 1. The fourth-order valence-electron chi connectivity index (χ4n) is 2.19. The molecular weight excluding hydrogens is 214 g/mol. The van der Waals surface area contributed by atoms with Crippen LogP contribution in [-0.2, 0) is 4.79 Å². The van der Waals surface area contributed by atoms with Crippen LogP contribution in [0.25, 0.3) is 0 Å². The average molecular weight is 234 g/mol. The first-order valence-electron chi connectivity index (χ1n) is 5.61. The third-order valence-corrected chi connectivity index (χ3v) is 3.02. The van der Waals surface area contributed by atoms with Gasteiger partial charge in [-0.15, -0.1) is 12.4 Å². The molecule has 2 fully saturated rings. The van der Waals surface area contributed by atoms with Crippen LogP contribution in [0.1, 0.15) is 25.7 Å². The van der Waals surface area contributed by atoms with Gasteiger partial charge in [0.05, 0.1) is 6.04 Å².